The van der Waals surface area contributed by atoms with Crippen molar-refractivity contribution < 1.29 is 14.3 Å². The third kappa shape index (κ3) is 2.61. The van der Waals surface area contributed by atoms with Gasteiger partial charge in [0.05, 0.1) is 17.9 Å². The minimum atomic E-state index is -0.247. The number of aryl methyl sites for hydroxylation is 2. The summed E-state index contributed by atoms with van der Waals surface area (Å²) in [5.41, 5.74) is 1.62. The summed E-state index contributed by atoms with van der Waals surface area (Å²) in [5.74, 6) is 1.03. The first-order chi connectivity index (χ1) is 10.1. The highest BCUT2D eigenvalue weighted by Crippen LogP contribution is 2.36. The summed E-state index contributed by atoms with van der Waals surface area (Å²) in [6.07, 6.45) is 7.67. The monoisotopic (exact) mass is 291 g/mol. The maximum atomic E-state index is 12.9. The van der Waals surface area contributed by atoms with E-state index >= 15 is 0 Å². The van der Waals surface area contributed by atoms with Crippen LogP contribution >= 0.6 is 0 Å². The SMILES string of the molecule is Cc1coc(C)c1C(=O)N1CCC[C@@H]1[C@@H]1CCCC[C@@H]1O. The average Bonchev–Trinajstić information content (AvgIpc) is 3.06. The van der Waals surface area contributed by atoms with Crippen LogP contribution in [0.15, 0.2) is 10.7 Å². The quantitative estimate of drug-likeness (QED) is 0.911. The Morgan fingerprint density at radius 3 is 2.67 bits per heavy atom. The second-order valence-electron chi connectivity index (χ2n) is 6.57. The maximum absolute atomic E-state index is 12.9. The average molecular weight is 291 g/mol. The minimum Gasteiger partial charge on any atom is -0.469 e. The van der Waals surface area contributed by atoms with Crippen LogP contribution < -0.4 is 0 Å². The Bertz CT molecular complexity index is 503. The zero-order valence-corrected chi connectivity index (χ0v) is 13.0. The number of nitrogens with zero attached hydrogens (tertiary/aromatic N) is 1. The van der Waals surface area contributed by atoms with Crippen molar-refractivity contribution >= 4 is 5.91 Å². The van der Waals surface area contributed by atoms with Crippen molar-refractivity contribution in [2.75, 3.05) is 6.54 Å². The molecule has 0 unspecified atom stereocenters. The highest BCUT2D eigenvalue weighted by atomic mass is 16.3. The second kappa shape index (κ2) is 5.84. The summed E-state index contributed by atoms with van der Waals surface area (Å²) in [5, 5.41) is 10.3. The van der Waals surface area contributed by atoms with Gasteiger partial charge in [0.2, 0.25) is 0 Å². The van der Waals surface area contributed by atoms with Gasteiger partial charge in [0.25, 0.3) is 5.91 Å². The summed E-state index contributed by atoms with van der Waals surface area (Å²) < 4.78 is 5.38. The molecule has 1 aliphatic heterocycles. The highest BCUT2D eigenvalue weighted by molar-refractivity contribution is 5.96. The van der Waals surface area contributed by atoms with E-state index in [-0.39, 0.29) is 24.0 Å². The smallest absolute Gasteiger partial charge is 0.257 e. The van der Waals surface area contributed by atoms with Crippen LogP contribution in [0.3, 0.4) is 0 Å². The largest absolute Gasteiger partial charge is 0.469 e. The molecule has 1 aromatic heterocycles. The third-order valence-corrected chi connectivity index (χ3v) is 5.21. The van der Waals surface area contributed by atoms with Crippen LogP contribution in [0.2, 0.25) is 0 Å². The Labute approximate surface area is 126 Å². The van der Waals surface area contributed by atoms with Crippen molar-refractivity contribution in [2.45, 2.75) is 64.5 Å². The van der Waals surface area contributed by atoms with E-state index in [0.29, 0.717) is 11.3 Å². The Hall–Kier alpha value is -1.29. The van der Waals surface area contributed by atoms with Gasteiger partial charge in [-0.1, -0.05) is 12.8 Å². The van der Waals surface area contributed by atoms with Crippen molar-refractivity contribution in [3.05, 3.63) is 23.2 Å². The fourth-order valence-corrected chi connectivity index (χ4v) is 4.11. The van der Waals surface area contributed by atoms with Crippen LogP contribution in [0, 0.1) is 19.8 Å². The first-order valence-corrected chi connectivity index (χ1v) is 8.13. The molecular formula is C17H25NO3. The van der Waals surface area contributed by atoms with Crippen molar-refractivity contribution in [3.8, 4) is 0 Å². The number of carbonyl (C=O) groups excluding carboxylic acids is 1. The molecule has 1 saturated heterocycles. The van der Waals surface area contributed by atoms with Crippen molar-refractivity contribution in [2.24, 2.45) is 5.92 Å². The molecule has 2 aliphatic rings. The lowest BCUT2D eigenvalue weighted by molar-refractivity contribution is 0.0211. The van der Waals surface area contributed by atoms with Crippen molar-refractivity contribution in [1.82, 2.24) is 4.90 Å². The standard InChI is InChI=1S/C17H25NO3/c1-11-10-21-12(2)16(11)17(20)18-9-5-7-14(18)13-6-3-4-8-15(13)19/h10,13-15,19H,3-9H2,1-2H3/t13-,14+,15-/m0/s1. The van der Waals surface area contributed by atoms with Gasteiger partial charge in [-0.15, -0.1) is 0 Å². The summed E-state index contributed by atoms with van der Waals surface area (Å²) in [6.45, 7) is 4.57. The van der Waals surface area contributed by atoms with Crippen molar-refractivity contribution in [1.29, 1.82) is 0 Å². The first kappa shape index (κ1) is 14.6. The van der Waals surface area contributed by atoms with E-state index in [1.807, 2.05) is 18.7 Å². The number of hydrogen-bond donors (Lipinski definition) is 1. The molecule has 21 heavy (non-hydrogen) atoms. The van der Waals surface area contributed by atoms with E-state index in [4.69, 9.17) is 4.42 Å². The number of carbonyl (C=O) groups is 1. The molecule has 1 aliphatic carbocycles. The van der Waals surface area contributed by atoms with Gasteiger partial charge in [-0.2, -0.15) is 0 Å². The molecule has 0 radical (unpaired) electrons. The molecular weight excluding hydrogens is 266 g/mol. The zero-order valence-electron chi connectivity index (χ0n) is 13.0. The Balaban J connectivity index is 1.82. The number of aliphatic hydroxyl groups is 1. The number of amides is 1. The molecule has 0 aromatic carbocycles. The third-order valence-electron chi connectivity index (χ3n) is 5.21. The van der Waals surface area contributed by atoms with Crippen LogP contribution in [0.1, 0.15) is 60.2 Å². The highest BCUT2D eigenvalue weighted by Gasteiger charge is 2.40. The predicted octanol–water partition coefficient (Wildman–Crippen LogP) is 3.05. The molecule has 3 rings (SSSR count). The Morgan fingerprint density at radius 2 is 2.00 bits per heavy atom. The van der Waals surface area contributed by atoms with Crippen molar-refractivity contribution in [3.63, 3.8) is 0 Å². The van der Waals surface area contributed by atoms with Crippen LogP contribution in [-0.4, -0.2) is 34.6 Å². The molecule has 4 nitrogen and oxygen atoms in total. The molecule has 0 spiro atoms. The van der Waals surface area contributed by atoms with Gasteiger partial charge in [0.15, 0.2) is 0 Å². The lowest BCUT2D eigenvalue weighted by Gasteiger charge is -2.37. The van der Waals surface area contributed by atoms with E-state index in [1.54, 1.807) is 6.26 Å². The maximum Gasteiger partial charge on any atom is 0.257 e. The molecule has 2 fully saturated rings. The fraction of sp³-hybridized carbons (Fsp3) is 0.706. The Morgan fingerprint density at radius 1 is 1.24 bits per heavy atom. The van der Waals surface area contributed by atoms with Gasteiger partial charge in [0, 0.05) is 24.1 Å². The number of furan rings is 1. The lowest BCUT2D eigenvalue weighted by atomic mass is 9.80. The predicted molar refractivity (Wildman–Crippen MR) is 80.2 cm³/mol. The van der Waals surface area contributed by atoms with Gasteiger partial charge in [-0.3, -0.25) is 4.79 Å². The molecule has 4 heteroatoms. The van der Waals surface area contributed by atoms with Gasteiger partial charge < -0.3 is 14.4 Å². The molecule has 1 N–H and O–H groups in total. The van der Waals surface area contributed by atoms with Gasteiger partial charge in [-0.25, -0.2) is 0 Å². The number of rotatable bonds is 2. The first-order valence-electron chi connectivity index (χ1n) is 8.13. The Kier molecular flexibility index (Phi) is 4.07. The molecule has 1 amide bonds. The van der Waals surface area contributed by atoms with Gasteiger partial charge in [0.1, 0.15) is 5.76 Å². The molecule has 0 bridgehead atoms. The normalized spacial score (nSPS) is 29.9. The molecule has 3 atom stereocenters. The summed E-state index contributed by atoms with van der Waals surface area (Å²) in [7, 11) is 0. The molecule has 1 saturated carbocycles. The van der Waals surface area contributed by atoms with Gasteiger partial charge in [-0.05, 0) is 39.5 Å². The number of aliphatic hydroxyl groups excluding tert-OH is 1. The van der Waals surface area contributed by atoms with E-state index in [2.05, 4.69) is 0 Å². The minimum absolute atomic E-state index is 0.0824. The van der Waals surface area contributed by atoms with Crippen LogP contribution in [-0.2, 0) is 0 Å². The van der Waals surface area contributed by atoms with Gasteiger partial charge >= 0.3 is 0 Å². The van der Waals surface area contributed by atoms with E-state index in [9.17, 15) is 9.90 Å². The van der Waals surface area contributed by atoms with E-state index in [1.165, 1.54) is 6.42 Å². The topological polar surface area (TPSA) is 53.7 Å². The summed E-state index contributed by atoms with van der Waals surface area (Å²) in [4.78, 5) is 14.9. The van der Waals surface area contributed by atoms with E-state index < -0.39 is 0 Å². The molecule has 1 aromatic rings. The summed E-state index contributed by atoms with van der Waals surface area (Å²) >= 11 is 0. The van der Waals surface area contributed by atoms with E-state index in [0.717, 1.165) is 44.2 Å². The number of likely N-dealkylation sites (tertiary alicyclic amines) is 1. The zero-order chi connectivity index (χ0) is 15.0. The summed E-state index contributed by atoms with van der Waals surface area (Å²) in [6, 6.07) is 0.196. The lowest BCUT2D eigenvalue weighted by Crippen LogP contribution is -2.45. The fourth-order valence-electron chi connectivity index (χ4n) is 4.11. The molecule has 116 valence electrons. The molecule has 2 heterocycles. The van der Waals surface area contributed by atoms with Crippen LogP contribution in [0.5, 0.6) is 0 Å². The van der Waals surface area contributed by atoms with Crippen LogP contribution in [0.25, 0.3) is 0 Å². The number of hydrogen-bond acceptors (Lipinski definition) is 3. The van der Waals surface area contributed by atoms with Crippen LogP contribution in [0.4, 0.5) is 0 Å². The second-order valence-corrected chi connectivity index (χ2v) is 6.57.